The van der Waals surface area contributed by atoms with Gasteiger partial charge in [-0.15, -0.1) is 0 Å². The molecule has 3 heteroatoms. The maximum atomic E-state index is 5.29. The second-order valence-corrected chi connectivity index (χ2v) is 8.73. The van der Waals surface area contributed by atoms with Gasteiger partial charge in [-0.25, -0.2) is 4.52 Å². The van der Waals surface area contributed by atoms with Gasteiger partial charge in [0.25, 0.3) is 0 Å². The Morgan fingerprint density at radius 3 is 2.38 bits per heavy atom. The van der Waals surface area contributed by atoms with Crippen molar-refractivity contribution >= 4 is 27.9 Å². The molecule has 0 bridgehead atoms. The van der Waals surface area contributed by atoms with Gasteiger partial charge in [-0.1, -0.05) is 84.9 Å². The summed E-state index contributed by atoms with van der Waals surface area (Å²) in [6.45, 7) is 0. The third-order valence-electron chi connectivity index (χ3n) is 6.68. The molecule has 0 aliphatic heterocycles. The summed E-state index contributed by atoms with van der Waals surface area (Å²) in [6, 6.07) is 36.1. The molecule has 6 aromatic rings. The van der Waals surface area contributed by atoms with Crippen LogP contribution in [0.25, 0.3) is 50.5 Å². The van der Waals surface area contributed by atoms with E-state index in [1.54, 1.807) is 0 Å². The molecule has 0 atom stereocenters. The first-order chi connectivity index (χ1) is 16.9. The fourth-order valence-corrected chi connectivity index (χ4v) is 5.12. The zero-order valence-electron chi connectivity index (χ0n) is 18.5. The molecule has 3 heterocycles. The third-order valence-corrected chi connectivity index (χ3v) is 6.68. The summed E-state index contributed by atoms with van der Waals surface area (Å²) >= 11 is 0. The number of rotatable bonds is 3. The van der Waals surface area contributed by atoms with E-state index in [9.17, 15) is 0 Å². The largest absolute Gasteiger partial charge is 0.255 e. The molecule has 1 aliphatic rings. The molecule has 0 saturated carbocycles. The quantitative estimate of drug-likeness (QED) is 0.292. The number of nitrogens with zero attached hydrogens (tertiary/aromatic N) is 3. The van der Waals surface area contributed by atoms with E-state index in [-0.39, 0.29) is 0 Å². The molecule has 3 nitrogen and oxygen atoms in total. The average Bonchev–Trinajstić information content (AvgIpc) is 3.51. The molecule has 0 spiro atoms. The minimum Gasteiger partial charge on any atom is -0.255 e. The highest BCUT2D eigenvalue weighted by molar-refractivity contribution is 6.08. The van der Waals surface area contributed by atoms with Crippen LogP contribution in [0.2, 0.25) is 0 Å². The lowest BCUT2D eigenvalue weighted by Gasteiger charge is -2.10. The van der Waals surface area contributed by atoms with Gasteiger partial charge in [-0.05, 0) is 51.9 Å². The van der Waals surface area contributed by atoms with Gasteiger partial charge in [-0.3, -0.25) is 4.98 Å². The predicted molar refractivity (Wildman–Crippen MR) is 139 cm³/mol. The Hall–Kier alpha value is -4.50. The molecule has 34 heavy (non-hydrogen) atoms. The van der Waals surface area contributed by atoms with Crippen LogP contribution in [0.5, 0.6) is 0 Å². The van der Waals surface area contributed by atoms with E-state index in [2.05, 4.69) is 107 Å². The van der Waals surface area contributed by atoms with Gasteiger partial charge >= 0.3 is 0 Å². The van der Waals surface area contributed by atoms with Crippen LogP contribution < -0.4 is 0 Å². The molecule has 160 valence electrons. The highest BCUT2D eigenvalue weighted by atomic mass is 15.2. The van der Waals surface area contributed by atoms with Crippen molar-refractivity contribution in [3.05, 3.63) is 126 Å². The summed E-state index contributed by atoms with van der Waals surface area (Å²) in [5.41, 5.74) is 10.3. The van der Waals surface area contributed by atoms with Crippen molar-refractivity contribution in [1.29, 1.82) is 0 Å². The van der Waals surface area contributed by atoms with Crippen LogP contribution in [-0.2, 0) is 6.42 Å². The lowest BCUT2D eigenvalue weighted by molar-refractivity contribution is 0.954. The second kappa shape index (κ2) is 7.53. The van der Waals surface area contributed by atoms with Gasteiger partial charge in [0.15, 0.2) is 0 Å². The van der Waals surface area contributed by atoms with Crippen molar-refractivity contribution in [2.24, 2.45) is 0 Å². The number of allylic oxidation sites excluding steroid dienone is 1. The van der Waals surface area contributed by atoms with Crippen LogP contribution in [0.3, 0.4) is 0 Å². The molecule has 0 fully saturated rings. The summed E-state index contributed by atoms with van der Waals surface area (Å²) in [5, 5.41) is 7.66. The van der Waals surface area contributed by atoms with E-state index in [1.165, 1.54) is 38.6 Å². The number of benzene rings is 3. The Morgan fingerprint density at radius 1 is 0.735 bits per heavy atom. The van der Waals surface area contributed by atoms with E-state index in [0.29, 0.717) is 0 Å². The third kappa shape index (κ3) is 2.91. The van der Waals surface area contributed by atoms with Crippen molar-refractivity contribution in [1.82, 2.24) is 14.6 Å². The normalized spacial score (nSPS) is 12.8. The molecule has 0 unspecified atom stereocenters. The van der Waals surface area contributed by atoms with Crippen molar-refractivity contribution < 1.29 is 0 Å². The maximum absolute atomic E-state index is 5.29. The Morgan fingerprint density at radius 2 is 1.53 bits per heavy atom. The van der Waals surface area contributed by atoms with E-state index in [0.717, 1.165) is 29.0 Å². The number of hydrogen-bond donors (Lipinski definition) is 0. The molecule has 0 radical (unpaired) electrons. The lowest BCUT2D eigenvalue weighted by atomic mass is 9.96. The smallest absolute Gasteiger partial charge is 0.0976 e. The van der Waals surface area contributed by atoms with Gasteiger partial charge in [0.05, 0.1) is 22.6 Å². The Kier molecular flexibility index (Phi) is 4.21. The minimum atomic E-state index is 0.886. The number of aromatic nitrogens is 3. The van der Waals surface area contributed by atoms with Crippen LogP contribution >= 0.6 is 0 Å². The zero-order valence-corrected chi connectivity index (χ0v) is 18.5. The molecule has 0 N–H and O–H groups in total. The molecular weight excluding hydrogens is 414 g/mol. The highest BCUT2D eigenvalue weighted by Crippen LogP contribution is 2.41. The van der Waals surface area contributed by atoms with E-state index in [1.807, 2.05) is 18.3 Å². The van der Waals surface area contributed by atoms with Crippen molar-refractivity contribution in [2.45, 2.75) is 6.42 Å². The summed E-state index contributed by atoms with van der Waals surface area (Å²) in [6.07, 6.45) is 5.03. The lowest BCUT2D eigenvalue weighted by Crippen LogP contribution is -1.97. The van der Waals surface area contributed by atoms with Gasteiger partial charge in [-0.2, -0.15) is 5.10 Å². The van der Waals surface area contributed by atoms with Gasteiger partial charge in [0.1, 0.15) is 0 Å². The molecule has 7 rings (SSSR count). The van der Waals surface area contributed by atoms with Crippen molar-refractivity contribution in [2.75, 3.05) is 0 Å². The Labute approximate surface area is 197 Å². The zero-order chi connectivity index (χ0) is 22.5. The van der Waals surface area contributed by atoms with E-state index in [4.69, 9.17) is 5.10 Å². The molecule has 1 aliphatic carbocycles. The van der Waals surface area contributed by atoms with Crippen LogP contribution in [0.4, 0.5) is 0 Å². The monoisotopic (exact) mass is 435 g/mol. The molecule has 3 aromatic heterocycles. The first-order valence-corrected chi connectivity index (χ1v) is 11.6. The molecular formula is C31H21N3. The fraction of sp³-hybridized carbons (Fsp3) is 0.0323. The average molecular weight is 436 g/mol. The molecule has 0 amide bonds. The van der Waals surface area contributed by atoms with Crippen molar-refractivity contribution in [3.8, 4) is 22.5 Å². The summed E-state index contributed by atoms with van der Waals surface area (Å²) in [4.78, 5) is 4.67. The number of hydrogen-bond acceptors (Lipinski definition) is 2. The van der Waals surface area contributed by atoms with Gasteiger partial charge < -0.3 is 0 Å². The van der Waals surface area contributed by atoms with Crippen LogP contribution in [-0.4, -0.2) is 14.6 Å². The van der Waals surface area contributed by atoms with Crippen molar-refractivity contribution in [3.63, 3.8) is 0 Å². The Balaban J connectivity index is 1.62. The standard InChI is InChI=1S/C31H21N3/c1-2-10-21(11-3-1)29-30(25-18-22-12-4-5-13-23(22)19-25)33-34-28(27-16-8-9-17-32-27)20-24-14-6-7-15-26(24)31(29)34/h1-18,20H,19H2. The highest BCUT2D eigenvalue weighted by Gasteiger charge is 2.25. The summed E-state index contributed by atoms with van der Waals surface area (Å²) in [5.74, 6) is 0. The van der Waals surface area contributed by atoms with Crippen LogP contribution in [0.15, 0.2) is 109 Å². The minimum absolute atomic E-state index is 0.886. The summed E-state index contributed by atoms with van der Waals surface area (Å²) in [7, 11) is 0. The van der Waals surface area contributed by atoms with Crippen LogP contribution in [0.1, 0.15) is 16.8 Å². The van der Waals surface area contributed by atoms with E-state index < -0.39 is 0 Å². The molecule has 0 saturated heterocycles. The summed E-state index contributed by atoms with van der Waals surface area (Å²) < 4.78 is 2.10. The first-order valence-electron chi connectivity index (χ1n) is 11.6. The molecule has 3 aromatic carbocycles. The maximum Gasteiger partial charge on any atom is 0.0976 e. The van der Waals surface area contributed by atoms with E-state index >= 15 is 0 Å². The number of pyridine rings is 2. The van der Waals surface area contributed by atoms with Gasteiger partial charge in [0, 0.05) is 23.6 Å². The number of fused-ring (bicyclic) bond motifs is 4. The first kappa shape index (κ1) is 19.0. The second-order valence-electron chi connectivity index (χ2n) is 8.73. The van der Waals surface area contributed by atoms with Gasteiger partial charge in [0.2, 0.25) is 0 Å². The topological polar surface area (TPSA) is 30.2 Å². The fourth-order valence-electron chi connectivity index (χ4n) is 5.12. The Bertz CT molecular complexity index is 1710. The van der Waals surface area contributed by atoms with Crippen LogP contribution in [0, 0.1) is 0 Å². The predicted octanol–water partition coefficient (Wildman–Crippen LogP) is 7.31. The SMILES string of the molecule is C1=C(c2nn3c(-c4ccccn4)cc4ccccc4c3c2-c2ccccc2)Cc2ccccc21.